The first-order valence-electron chi connectivity index (χ1n) is 10.0. The van der Waals surface area contributed by atoms with Crippen LogP contribution in [0.15, 0.2) is 36.4 Å². The van der Waals surface area contributed by atoms with Gasteiger partial charge in [-0.3, -0.25) is 9.10 Å². The van der Waals surface area contributed by atoms with Crippen molar-refractivity contribution in [3.8, 4) is 0 Å². The van der Waals surface area contributed by atoms with Crippen LogP contribution in [0.5, 0.6) is 0 Å². The van der Waals surface area contributed by atoms with Crippen LogP contribution in [0.25, 0.3) is 0 Å². The van der Waals surface area contributed by atoms with E-state index in [1.54, 1.807) is 0 Å². The monoisotopic (exact) mass is 436 g/mol. The molecule has 2 aromatic rings. The van der Waals surface area contributed by atoms with Gasteiger partial charge in [-0.15, -0.1) is 0 Å². The van der Waals surface area contributed by atoms with Gasteiger partial charge in [-0.1, -0.05) is 25.1 Å². The van der Waals surface area contributed by atoms with E-state index >= 15 is 0 Å². The maximum absolute atomic E-state index is 13.6. The van der Waals surface area contributed by atoms with E-state index in [1.165, 1.54) is 17.5 Å². The Morgan fingerprint density at radius 3 is 2.40 bits per heavy atom. The van der Waals surface area contributed by atoms with Crippen molar-refractivity contribution in [1.29, 1.82) is 0 Å². The van der Waals surface area contributed by atoms with E-state index in [-0.39, 0.29) is 11.7 Å². The first-order chi connectivity index (χ1) is 14.2. The smallest absolute Gasteiger partial charge is 0.241 e. The van der Waals surface area contributed by atoms with Crippen LogP contribution in [0.1, 0.15) is 48.9 Å². The zero-order valence-electron chi connectivity index (χ0n) is 17.1. The Labute approximate surface area is 176 Å². The quantitative estimate of drug-likeness (QED) is 0.716. The van der Waals surface area contributed by atoms with Gasteiger partial charge in [0.05, 0.1) is 18.0 Å². The molecule has 0 saturated carbocycles. The number of nitrogens with one attached hydrogen (secondary N) is 1. The van der Waals surface area contributed by atoms with Crippen molar-refractivity contribution in [2.45, 2.75) is 45.1 Å². The lowest BCUT2D eigenvalue weighted by Crippen LogP contribution is -2.41. The van der Waals surface area contributed by atoms with Gasteiger partial charge in [0, 0.05) is 6.07 Å². The second kappa shape index (κ2) is 9.12. The molecule has 1 aliphatic rings. The fraction of sp³-hybridized carbons (Fsp3) is 0.409. The fourth-order valence-electron chi connectivity index (χ4n) is 3.80. The number of carbonyl (C=O) groups excluding carboxylic acids is 1. The Morgan fingerprint density at radius 2 is 1.77 bits per heavy atom. The highest BCUT2D eigenvalue weighted by molar-refractivity contribution is 7.92. The zero-order chi connectivity index (χ0) is 21.9. The highest BCUT2D eigenvalue weighted by atomic mass is 32.2. The topological polar surface area (TPSA) is 66.5 Å². The fourth-order valence-corrected chi connectivity index (χ4v) is 4.65. The molecule has 5 nitrogen and oxygen atoms in total. The molecule has 0 bridgehead atoms. The summed E-state index contributed by atoms with van der Waals surface area (Å²) >= 11 is 0. The first kappa shape index (κ1) is 22.2. The molecule has 8 heteroatoms. The predicted molar refractivity (Wildman–Crippen MR) is 113 cm³/mol. The summed E-state index contributed by atoms with van der Waals surface area (Å²) in [6.45, 7) is 1.42. The van der Waals surface area contributed by atoms with Crippen LogP contribution in [-0.2, 0) is 27.7 Å². The van der Waals surface area contributed by atoms with Gasteiger partial charge in [0.2, 0.25) is 15.9 Å². The minimum Gasteiger partial charge on any atom is -0.348 e. The molecule has 0 fully saturated rings. The maximum Gasteiger partial charge on any atom is 0.241 e. The number of hydrogen-bond acceptors (Lipinski definition) is 3. The number of nitrogens with zero attached hydrogens (tertiary/aromatic N) is 1. The molecule has 0 aliphatic heterocycles. The molecule has 1 amide bonds. The Morgan fingerprint density at radius 1 is 1.07 bits per heavy atom. The third kappa shape index (κ3) is 5.16. The van der Waals surface area contributed by atoms with Crippen molar-refractivity contribution in [2.75, 3.05) is 17.1 Å². The Bertz CT molecular complexity index is 1040. The Balaban J connectivity index is 1.77. The van der Waals surface area contributed by atoms with E-state index in [4.69, 9.17) is 0 Å². The van der Waals surface area contributed by atoms with Crippen molar-refractivity contribution in [3.05, 3.63) is 64.7 Å². The molecule has 1 atom stereocenters. The first-order valence-corrected chi connectivity index (χ1v) is 11.9. The molecule has 2 aromatic carbocycles. The molecule has 0 unspecified atom stereocenters. The summed E-state index contributed by atoms with van der Waals surface area (Å²) in [7, 11) is -3.88. The molecular formula is C22H26F2N2O3S. The maximum atomic E-state index is 13.6. The van der Waals surface area contributed by atoms with Crippen molar-refractivity contribution >= 4 is 21.6 Å². The lowest BCUT2D eigenvalue weighted by Gasteiger charge is -2.25. The van der Waals surface area contributed by atoms with Gasteiger partial charge in [-0.25, -0.2) is 17.2 Å². The molecule has 0 spiro atoms. The van der Waals surface area contributed by atoms with E-state index in [1.807, 2.05) is 13.0 Å². The number of rotatable bonds is 7. The number of halogens is 2. The van der Waals surface area contributed by atoms with Crippen LogP contribution in [-0.4, -0.2) is 27.1 Å². The minimum absolute atomic E-state index is 0.103. The predicted octanol–water partition coefficient (Wildman–Crippen LogP) is 3.88. The standard InChI is InChI=1S/C22H26F2N2O3S/c1-3-21(17-9-8-15-6-4-5-7-16(15)12-17)25-22(27)14-26(30(2,28)29)18-10-11-19(23)20(24)13-18/h8-13,21H,3-7,14H2,1-2H3,(H,25,27)/t21-/m1/s1. The lowest BCUT2D eigenvalue weighted by molar-refractivity contribution is -0.120. The van der Waals surface area contributed by atoms with Crippen molar-refractivity contribution in [1.82, 2.24) is 5.32 Å². The third-order valence-corrected chi connectivity index (χ3v) is 6.54. The number of fused-ring (bicyclic) bond motifs is 1. The number of aryl methyl sites for hydroxylation is 2. The minimum atomic E-state index is -3.88. The molecular weight excluding hydrogens is 410 g/mol. The number of amides is 1. The van der Waals surface area contributed by atoms with E-state index in [9.17, 15) is 22.0 Å². The van der Waals surface area contributed by atoms with E-state index in [0.29, 0.717) is 6.42 Å². The number of hydrogen-bond donors (Lipinski definition) is 1. The van der Waals surface area contributed by atoms with E-state index in [2.05, 4.69) is 17.4 Å². The summed E-state index contributed by atoms with van der Waals surface area (Å²) in [4.78, 5) is 12.7. The van der Waals surface area contributed by atoms with Gasteiger partial charge in [0.1, 0.15) is 6.54 Å². The Kier molecular flexibility index (Phi) is 6.75. The number of sulfonamides is 1. The molecule has 0 radical (unpaired) electrons. The average molecular weight is 437 g/mol. The van der Waals surface area contributed by atoms with Crippen molar-refractivity contribution in [2.24, 2.45) is 0 Å². The molecule has 0 saturated heterocycles. The van der Waals surface area contributed by atoms with Gasteiger partial charge in [-0.05, 0) is 60.9 Å². The van der Waals surface area contributed by atoms with Crippen LogP contribution in [0.4, 0.5) is 14.5 Å². The van der Waals surface area contributed by atoms with Crippen LogP contribution in [0.2, 0.25) is 0 Å². The van der Waals surface area contributed by atoms with Crippen LogP contribution < -0.4 is 9.62 Å². The summed E-state index contributed by atoms with van der Waals surface area (Å²) in [6, 6.07) is 8.69. The number of anilines is 1. The molecule has 1 aliphatic carbocycles. The SMILES string of the molecule is CC[C@@H](NC(=O)CN(c1ccc(F)c(F)c1)S(C)(=O)=O)c1ccc2c(c1)CCCC2. The van der Waals surface area contributed by atoms with Gasteiger partial charge >= 0.3 is 0 Å². The van der Waals surface area contributed by atoms with Crippen LogP contribution in [0.3, 0.4) is 0 Å². The largest absolute Gasteiger partial charge is 0.348 e. The van der Waals surface area contributed by atoms with Gasteiger partial charge in [0.15, 0.2) is 11.6 Å². The van der Waals surface area contributed by atoms with Gasteiger partial charge < -0.3 is 5.32 Å². The summed E-state index contributed by atoms with van der Waals surface area (Å²) in [5.41, 5.74) is 3.51. The second-order valence-electron chi connectivity index (χ2n) is 7.63. The Hall–Kier alpha value is -2.48. The lowest BCUT2D eigenvalue weighted by atomic mass is 9.89. The number of carbonyl (C=O) groups is 1. The van der Waals surface area contributed by atoms with E-state index in [0.717, 1.165) is 53.6 Å². The molecule has 1 N–H and O–H groups in total. The van der Waals surface area contributed by atoms with Crippen molar-refractivity contribution < 1.29 is 22.0 Å². The zero-order valence-corrected chi connectivity index (χ0v) is 17.9. The summed E-state index contributed by atoms with van der Waals surface area (Å²) in [6.07, 6.45) is 5.97. The average Bonchev–Trinajstić information content (AvgIpc) is 2.71. The molecule has 30 heavy (non-hydrogen) atoms. The highest BCUT2D eigenvalue weighted by Gasteiger charge is 2.24. The highest BCUT2D eigenvalue weighted by Crippen LogP contribution is 2.26. The van der Waals surface area contributed by atoms with Crippen LogP contribution >= 0.6 is 0 Å². The second-order valence-corrected chi connectivity index (χ2v) is 9.54. The summed E-state index contributed by atoms with van der Waals surface area (Å²) < 4.78 is 51.9. The molecule has 0 heterocycles. The van der Waals surface area contributed by atoms with E-state index < -0.39 is 34.1 Å². The normalized spacial score (nSPS) is 14.7. The molecule has 0 aromatic heterocycles. The molecule has 162 valence electrons. The van der Waals surface area contributed by atoms with Crippen LogP contribution in [0, 0.1) is 11.6 Å². The third-order valence-electron chi connectivity index (χ3n) is 5.40. The molecule has 3 rings (SSSR count). The van der Waals surface area contributed by atoms with Gasteiger partial charge in [0.25, 0.3) is 0 Å². The van der Waals surface area contributed by atoms with Gasteiger partial charge in [-0.2, -0.15) is 0 Å². The number of benzene rings is 2. The van der Waals surface area contributed by atoms with Crippen molar-refractivity contribution in [3.63, 3.8) is 0 Å². The summed E-state index contributed by atoms with van der Waals surface area (Å²) in [5.74, 6) is -2.79. The summed E-state index contributed by atoms with van der Waals surface area (Å²) in [5, 5.41) is 2.88.